The Bertz CT molecular complexity index is 1870. The molecule has 0 saturated carbocycles. The highest BCUT2D eigenvalue weighted by Crippen LogP contribution is 2.33. The number of carbonyl (C=O) groups excluding carboxylic acids is 1. The van der Waals surface area contributed by atoms with E-state index in [9.17, 15) is 13.2 Å². The van der Waals surface area contributed by atoms with Gasteiger partial charge in [-0.15, -0.1) is 0 Å². The number of hydrogen-bond donors (Lipinski definition) is 2. The van der Waals surface area contributed by atoms with Crippen LogP contribution in [0, 0.1) is 6.92 Å². The van der Waals surface area contributed by atoms with Crippen LogP contribution in [0.25, 0.3) is 21.8 Å². The number of aliphatic imine (C=N–C) groups is 1. The first kappa shape index (κ1) is 24.4. The number of amides is 1. The number of aryl methyl sites for hydroxylation is 1. The zero-order valence-electron chi connectivity index (χ0n) is 20.5. The molecule has 0 aliphatic carbocycles. The Morgan fingerprint density at radius 3 is 2.58 bits per heavy atom. The highest BCUT2D eigenvalue weighted by molar-refractivity contribution is 9.10. The van der Waals surface area contributed by atoms with E-state index in [1.165, 1.54) is 3.97 Å². The van der Waals surface area contributed by atoms with Crippen molar-refractivity contribution in [2.75, 3.05) is 13.7 Å². The molecule has 3 heterocycles. The molecule has 0 radical (unpaired) electrons. The number of ether oxygens (including phenoxy) is 1. The molecule has 0 bridgehead atoms. The summed E-state index contributed by atoms with van der Waals surface area (Å²) in [5.41, 5.74) is 4.04. The number of rotatable bonds is 5. The minimum Gasteiger partial charge on any atom is -0.497 e. The summed E-state index contributed by atoms with van der Waals surface area (Å²) in [5, 5.41) is 4.61. The number of aromatic nitrogens is 2. The van der Waals surface area contributed by atoms with Crippen molar-refractivity contribution in [2.24, 2.45) is 4.99 Å². The van der Waals surface area contributed by atoms with Crippen molar-refractivity contribution in [3.8, 4) is 5.75 Å². The van der Waals surface area contributed by atoms with E-state index in [4.69, 9.17) is 4.74 Å². The largest absolute Gasteiger partial charge is 0.497 e. The lowest BCUT2D eigenvalue weighted by atomic mass is 10.0. The van der Waals surface area contributed by atoms with E-state index >= 15 is 0 Å². The monoisotopic (exact) mass is 590 g/mol. The summed E-state index contributed by atoms with van der Waals surface area (Å²) in [6.07, 6.45) is 3.36. The molecular weight excluding hydrogens is 568 g/mol. The first-order chi connectivity index (χ1) is 18.3. The molecular formula is C28H23BrN4O4S. The van der Waals surface area contributed by atoms with E-state index in [0.717, 1.165) is 26.3 Å². The van der Waals surface area contributed by atoms with Crippen LogP contribution >= 0.6 is 15.9 Å². The Morgan fingerprint density at radius 1 is 1.05 bits per heavy atom. The van der Waals surface area contributed by atoms with E-state index in [0.29, 0.717) is 28.1 Å². The lowest BCUT2D eigenvalue weighted by molar-refractivity contribution is -0.115. The number of nitrogens with one attached hydrogen (secondary N) is 2. The molecule has 5 aromatic rings. The van der Waals surface area contributed by atoms with Gasteiger partial charge < -0.3 is 15.0 Å². The average molecular weight is 591 g/mol. The molecule has 8 nitrogen and oxygen atoms in total. The van der Waals surface area contributed by atoms with Crippen LogP contribution < -0.4 is 10.1 Å². The molecule has 1 amide bonds. The zero-order chi connectivity index (χ0) is 26.6. The lowest BCUT2D eigenvalue weighted by Gasteiger charge is -2.22. The van der Waals surface area contributed by atoms with Gasteiger partial charge in [0.25, 0.3) is 15.9 Å². The van der Waals surface area contributed by atoms with E-state index in [-0.39, 0.29) is 17.3 Å². The van der Waals surface area contributed by atoms with Crippen LogP contribution in [0.15, 0.2) is 87.4 Å². The maximum Gasteiger partial charge on any atom is 0.270 e. The Kier molecular flexibility index (Phi) is 5.88. The Morgan fingerprint density at radius 2 is 1.84 bits per heavy atom. The van der Waals surface area contributed by atoms with Gasteiger partial charge in [-0.05, 0) is 49.4 Å². The van der Waals surface area contributed by atoms with Gasteiger partial charge in [-0.2, -0.15) is 0 Å². The molecule has 1 aliphatic rings. The third-order valence-corrected chi connectivity index (χ3v) is 9.00. The van der Waals surface area contributed by atoms with Crippen LogP contribution in [0.4, 0.5) is 0 Å². The van der Waals surface area contributed by atoms with Gasteiger partial charge in [-0.3, -0.25) is 9.79 Å². The minimum atomic E-state index is -3.88. The van der Waals surface area contributed by atoms with Gasteiger partial charge in [-0.25, -0.2) is 12.4 Å². The molecule has 0 saturated heterocycles. The number of benzene rings is 3. The fraction of sp³-hybridized carbons (Fsp3) is 0.143. The smallest absolute Gasteiger partial charge is 0.270 e. The molecule has 1 unspecified atom stereocenters. The molecule has 10 heteroatoms. The topological polar surface area (TPSA) is 106 Å². The molecule has 1 atom stereocenters. The van der Waals surface area contributed by atoms with Gasteiger partial charge in [0, 0.05) is 44.3 Å². The second-order valence-corrected chi connectivity index (χ2v) is 11.9. The van der Waals surface area contributed by atoms with Gasteiger partial charge >= 0.3 is 0 Å². The second kappa shape index (κ2) is 9.14. The third-order valence-electron chi connectivity index (χ3n) is 6.81. The van der Waals surface area contributed by atoms with E-state index < -0.39 is 16.1 Å². The van der Waals surface area contributed by atoms with Gasteiger partial charge in [-0.1, -0.05) is 39.7 Å². The standard InChI is InChI=1S/C28H23BrN4O4S/c1-16-3-7-19(8-4-16)38(35,36)33-15-23(20-9-5-17(29)11-26(20)33)25-14-31-27(28(34)32-25)22-13-30-24-10-6-18(37-2)12-21(22)24/h3-13,15,25,30H,14H2,1-2H3,(H,32,34). The van der Waals surface area contributed by atoms with Crippen LogP contribution in [0.1, 0.15) is 22.7 Å². The molecule has 0 spiro atoms. The van der Waals surface area contributed by atoms with Crippen molar-refractivity contribution in [3.63, 3.8) is 0 Å². The number of aromatic amines is 1. The van der Waals surface area contributed by atoms with Gasteiger partial charge in [0.05, 0.1) is 30.1 Å². The van der Waals surface area contributed by atoms with Crippen molar-refractivity contribution in [1.82, 2.24) is 14.3 Å². The number of nitrogens with zero attached hydrogens (tertiary/aromatic N) is 2. The van der Waals surface area contributed by atoms with E-state index in [1.54, 1.807) is 49.8 Å². The SMILES string of the molecule is COc1ccc2[nH]cc(C3=NCC(c4cn(S(=O)(=O)c5ccc(C)cc5)c5cc(Br)ccc45)NC3=O)c2c1. The quantitative estimate of drug-likeness (QED) is 0.297. The van der Waals surface area contributed by atoms with Crippen LogP contribution in [-0.4, -0.2) is 42.6 Å². The van der Waals surface area contributed by atoms with Crippen LogP contribution in [0.5, 0.6) is 5.75 Å². The lowest BCUT2D eigenvalue weighted by Crippen LogP contribution is -2.40. The van der Waals surface area contributed by atoms with Crippen LogP contribution in [-0.2, 0) is 14.8 Å². The summed E-state index contributed by atoms with van der Waals surface area (Å²) < 4.78 is 34.6. The zero-order valence-corrected chi connectivity index (χ0v) is 22.9. The van der Waals surface area contributed by atoms with E-state index in [2.05, 4.69) is 31.2 Å². The van der Waals surface area contributed by atoms with Gasteiger partial charge in [0.15, 0.2) is 0 Å². The van der Waals surface area contributed by atoms with Crippen molar-refractivity contribution in [1.29, 1.82) is 0 Å². The summed E-state index contributed by atoms with van der Waals surface area (Å²) >= 11 is 3.46. The predicted molar refractivity (Wildman–Crippen MR) is 151 cm³/mol. The third kappa shape index (κ3) is 4.00. The minimum absolute atomic E-state index is 0.189. The maximum absolute atomic E-state index is 13.6. The Labute approximate surface area is 227 Å². The molecule has 0 fully saturated rings. The normalized spacial score (nSPS) is 16.0. The molecule has 3 aromatic carbocycles. The predicted octanol–water partition coefficient (Wildman–Crippen LogP) is 5.10. The van der Waals surface area contributed by atoms with Gasteiger partial charge in [0.2, 0.25) is 0 Å². The summed E-state index contributed by atoms with van der Waals surface area (Å²) in [7, 11) is -2.28. The number of H-pyrrole nitrogens is 1. The molecule has 2 aromatic heterocycles. The van der Waals surface area contributed by atoms with E-state index in [1.807, 2.05) is 37.3 Å². The summed E-state index contributed by atoms with van der Waals surface area (Å²) in [6.45, 7) is 2.17. The highest BCUT2D eigenvalue weighted by Gasteiger charge is 2.30. The van der Waals surface area contributed by atoms with Crippen molar-refractivity contribution in [2.45, 2.75) is 17.9 Å². The summed E-state index contributed by atoms with van der Waals surface area (Å²) in [5.74, 6) is 0.353. The summed E-state index contributed by atoms with van der Waals surface area (Å²) in [4.78, 5) is 21.3. The fourth-order valence-corrected chi connectivity index (χ4v) is 6.55. The summed E-state index contributed by atoms with van der Waals surface area (Å²) in [6, 6.07) is 17.3. The second-order valence-electron chi connectivity index (χ2n) is 9.19. The molecule has 38 heavy (non-hydrogen) atoms. The van der Waals surface area contributed by atoms with Crippen molar-refractivity contribution < 1.29 is 17.9 Å². The maximum atomic E-state index is 13.6. The average Bonchev–Trinajstić information content (AvgIpc) is 3.50. The van der Waals surface area contributed by atoms with Crippen molar-refractivity contribution in [3.05, 3.63) is 94.2 Å². The molecule has 192 valence electrons. The fourth-order valence-electron chi connectivity index (χ4n) is 4.83. The number of methoxy groups -OCH3 is 1. The van der Waals surface area contributed by atoms with Crippen LogP contribution in [0.3, 0.4) is 0 Å². The number of fused-ring (bicyclic) bond motifs is 2. The number of halogens is 1. The Hall–Kier alpha value is -3.89. The first-order valence-electron chi connectivity index (χ1n) is 11.9. The number of carbonyl (C=O) groups is 1. The first-order valence-corrected chi connectivity index (χ1v) is 14.1. The van der Waals surface area contributed by atoms with Crippen LogP contribution in [0.2, 0.25) is 0 Å². The number of hydrogen-bond acceptors (Lipinski definition) is 5. The van der Waals surface area contributed by atoms with Gasteiger partial charge in [0.1, 0.15) is 11.5 Å². The molecule has 6 rings (SSSR count). The highest BCUT2D eigenvalue weighted by atomic mass is 79.9. The Balaban J connectivity index is 1.42. The molecule has 1 aliphatic heterocycles. The van der Waals surface area contributed by atoms with Crippen molar-refractivity contribution >= 4 is 59.4 Å². The molecule has 2 N–H and O–H groups in total.